The number of hydrogen-bond donors (Lipinski definition) is 0. The fraction of sp³-hybridized carbons (Fsp3) is 0.909. The zero-order valence-corrected chi connectivity index (χ0v) is 10.9. The normalized spacial score (nSPS) is 32.0. The molecule has 1 heterocycles. The number of nitrogens with zero attached hydrogens (tertiary/aromatic N) is 1. The number of hydrogen-bond acceptors (Lipinski definition) is 1. The molecular weight excluding hydrogens is 194 g/mol. The third-order valence-electron chi connectivity index (χ3n) is 3.34. The molecule has 1 saturated heterocycles. The van der Waals surface area contributed by atoms with Crippen molar-refractivity contribution in [1.82, 2.24) is 4.31 Å². The average molecular weight is 217 g/mol. The monoisotopic (exact) mass is 217 g/mol. The van der Waals surface area contributed by atoms with Gasteiger partial charge >= 0.3 is 0 Å². The Labute approximate surface area is 88.8 Å². The van der Waals surface area contributed by atoms with Gasteiger partial charge in [0.25, 0.3) is 0 Å². The van der Waals surface area contributed by atoms with Crippen molar-refractivity contribution in [1.29, 1.82) is 0 Å². The van der Waals surface area contributed by atoms with E-state index < -0.39 is 9.71 Å². The van der Waals surface area contributed by atoms with Crippen molar-refractivity contribution in [3.8, 4) is 0 Å². The minimum Gasteiger partial charge on any atom is -0.253 e. The molecule has 0 aliphatic carbocycles. The molecule has 1 rings (SSSR count). The molecule has 0 aromatic carbocycles. The lowest BCUT2D eigenvalue weighted by molar-refractivity contribution is 0.223. The molecule has 3 heteroatoms. The Morgan fingerprint density at radius 3 is 2.21 bits per heavy atom. The van der Waals surface area contributed by atoms with Crippen molar-refractivity contribution in [2.24, 2.45) is 17.3 Å². The first-order chi connectivity index (χ1) is 6.14. The van der Waals surface area contributed by atoms with Crippen molar-refractivity contribution >= 4 is 15.6 Å². The Morgan fingerprint density at radius 2 is 2.00 bits per heavy atom. The second-order valence-corrected chi connectivity index (χ2v) is 8.06. The zero-order chi connectivity index (χ0) is 11.1. The third-order valence-corrected chi connectivity index (χ3v) is 4.71. The molecule has 1 aliphatic rings. The van der Waals surface area contributed by atoms with Crippen molar-refractivity contribution in [2.75, 3.05) is 19.3 Å². The first-order valence-corrected chi connectivity index (χ1v) is 7.31. The standard InChI is InChI=1S/C11H23NOS/c1-9(2)10-7-12(14(5,6)13)8-11(10,3)4/h9-10H,5,7-8H2,1-4,6H3. The minimum atomic E-state index is -2.01. The van der Waals surface area contributed by atoms with Crippen LogP contribution in [0, 0.1) is 17.3 Å². The Balaban J connectivity index is 2.87. The van der Waals surface area contributed by atoms with Gasteiger partial charge in [-0.3, -0.25) is 4.21 Å². The van der Waals surface area contributed by atoms with Crippen LogP contribution in [0.1, 0.15) is 27.7 Å². The maximum absolute atomic E-state index is 11.9. The van der Waals surface area contributed by atoms with Crippen molar-refractivity contribution in [3.05, 3.63) is 0 Å². The summed E-state index contributed by atoms with van der Waals surface area (Å²) in [5, 5.41) is 0. The first kappa shape index (κ1) is 12.1. The van der Waals surface area contributed by atoms with Gasteiger partial charge in [0, 0.05) is 29.1 Å². The molecule has 84 valence electrons. The summed E-state index contributed by atoms with van der Waals surface area (Å²) in [4.78, 5) is 0. The smallest absolute Gasteiger partial charge is 0.0245 e. The van der Waals surface area contributed by atoms with E-state index in [0.29, 0.717) is 11.8 Å². The average Bonchev–Trinajstić information content (AvgIpc) is 2.23. The molecule has 0 N–H and O–H groups in total. The Kier molecular flexibility index (Phi) is 3.04. The highest BCUT2D eigenvalue weighted by atomic mass is 32.2. The summed E-state index contributed by atoms with van der Waals surface area (Å²) in [6.45, 7) is 10.9. The number of rotatable bonds is 2. The molecule has 0 spiro atoms. The van der Waals surface area contributed by atoms with E-state index in [9.17, 15) is 4.21 Å². The van der Waals surface area contributed by atoms with Crippen LogP contribution in [0.4, 0.5) is 0 Å². The van der Waals surface area contributed by atoms with Crippen LogP contribution in [0.5, 0.6) is 0 Å². The Hall–Kier alpha value is -0.0200. The van der Waals surface area contributed by atoms with E-state index in [-0.39, 0.29) is 5.41 Å². The summed E-state index contributed by atoms with van der Waals surface area (Å²) in [6, 6.07) is 0. The lowest BCUT2D eigenvalue weighted by Crippen LogP contribution is -2.28. The van der Waals surface area contributed by atoms with Crippen LogP contribution in [-0.4, -0.2) is 33.7 Å². The summed E-state index contributed by atoms with van der Waals surface area (Å²) in [5.74, 6) is 5.04. The quantitative estimate of drug-likeness (QED) is 0.647. The van der Waals surface area contributed by atoms with Gasteiger partial charge in [-0.2, -0.15) is 0 Å². The van der Waals surface area contributed by atoms with E-state index in [2.05, 4.69) is 37.9 Å². The van der Waals surface area contributed by atoms with E-state index in [1.165, 1.54) is 0 Å². The van der Waals surface area contributed by atoms with Crippen LogP contribution in [0.3, 0.4) is 0 Å². The molecule has 0 amide bonds. The molecule has 0 saturated carbocycles. The van der Waals surface area contributed by atoms with E-state index >= 15 is 0 Å². The van der Waals surface area contributed by atoms with Gasteiger partial charge in [-0.1, -0.05) is 27.7 Å². The first-order valence-electron chi connectivity index (χ1n) is 5.22. The molecule has 2 nitrogen and oxygen atoms in total. The van der Waals surface area contributed by atoms with Crippen LogP contribution < -0.4 is 0 Å². The lowest BCUT2D eigenvalue weighted by Gasteiger charge is -2.28. The second kappa shape index (κ2) is 3.53. The molecule has 1 aliphatic heterocycles. The van der Waals surface area contributed by atoms with Crippen LogP contribution in [0.15, 0.2) is 0 Å². The van der Waals surface area contributed by atoms with Gasteiger partial charge < -0.3 is 0 Å². The van der Waals surface area contributed by atoms with Gasteiger partial charge in [-0.25, -0.2) is 4.31 Å². The molecule has 0 radical (unpaired) electrons. The maximum atomic E-state index is 11.9. The van der Waals surface area contributed by atoms with Crippen LogP contribution in [0.2, 0.25) is 0 Å². The van der Waals surface area contributed by atoms with E-state index in [0.717, 1.165) is 13.1 Å². The van der Waals surface area contributed by atoms with Crippen LogP contribution in [-0.2, 0) is 9.71 Å². The topological polar surface area (TPSA) is 20.3 Å². The van der Waals surface area contributed by atoms with Gasteiger partial charge in [0.15, 0.2) is 0 Å². The van der Waals surface area contributed by atoms with Crippen molar-refractivity contribution in [3.63, 3.8) is 0 Å². The molecule has 2 unspecified atom stereocenters. The highest BCUT2D eigenvalue weighted by Crippen LogP contribution is 2.40. The highest BCUT2D eigenvalue weighted by molar-refractivity contribution is 7.97. The summed E-state index contributed by atoms with van der Waals surface area (Å²) in [7, 11) is -2.01. The Bertz CT molecular complexity index is 303. The summed E-state index contributed by atoms with van der Waals surface area (Å²) in [6.07, 6.45) is 1.74. The summed E-state index contributed by atoms with van der Waals surface area (Å²) >= 11 is 0. The third kappa shape index (κ3) is 2.31. The molecule has 2 atom stereocenters. The molecule has 0 aromatic rings. The van der Waals surface area contributed by atoms with Gasteiger partial charge in [-0.05, 0) is 23.1 Å². The fourth-order valence-electron chi connectivity index (χ4n) is 2.51. The van der Waals surface area contributed by atoms with Gasteiger partial charge in [0.05, 0.1) is 0 Å². The molecule has 14 heavy (non-hydrogen) atoms. The van der Waals surface area contributed by atoms with E-state index in [4.69, 9.17) is 0 Å². The van der Waals surface area contributed by atoms with Crippen LogP contribution in [0.25, 0.3) is 0 Å². The lowest BCUT2D eigenvalue weighted by atomic mass is 9.76. The van der Waals surface area contributed by atoms with Crippen LogP contribution >= 0.6 is 0 Å². The Morgan fingerprint density at radius 1 is 1.50 bits per heavy atom. The van der Waals surface area contributed by atoms with Crippen molar-refractivity contribution < 1.29 is 4.21 Å². The molecule has 0 bridgehead atoms. The zero-order valence-electron chi connectivity index (χ0n) is 10.0. The predicted molar refractivity (Wildman–Crippen MR) is 64.9 cm³/mol. The van der Waals surface area contributed by atoms with Gasteiger partial charge in [-0.15, -0.1) is 0 Å². The summed E-state index contributed by atoms with van der Waals surface area (Å²) in [5.41, 5.74) is 0.268. The molecular formula is C11H23NOS. The molecule has 1 fully saturated rings. The van der Waals surface area contributed by atoms with E-state index in [1.807, 2.05) is 0 Å². The minimum absolute atomic E-state index is 0.268. The second-order valence-electron chi connectivity index (χ2n) is 5.62. The van der Waals surface area contributed by atoms with E-state index in [1.54, 1.807) is 6.26 Å². The SMILES string of the molecule is C=S(C)(=O)N1CC(C(C)C)C(C)(C)C1. The summed E-state index contributed by atoms with van der Waals surface area (Å²) < 4.78 is 13.9. The van der Waals surface area contributed by atoms with Gasteiger partial charge in [0.2, 0.25) is 0 Å². The maximum Gasteiger partial charge on any atom is 0.0245 e. The highest BCUT2D eigenvalue weighted by Gasteiger charge is 2.42. The van der Waals surface area contributed by atoms with Crippen molar-refractivity contribution in [2.45, 2.75) is 27.7 Å². The predicted octanol–water partition coefficient (Wildman–Crippen LogP) is 1.86. The molecule has 0 aromatic heterocycles. The van der Waals surface area contributed by atoms with Gasteiger partial charge in [0.1, 0.15) is 0 Å². The fourth-order valence-corrected chi connectivity index (χ4v) is 3.59. The largest absolute Gasteiger partial charge is 0.253 e.